The Labute approximate surface area is 208 Å². The summed E-state index contributed by atoms with van der Waals surface area (Å²) in [5, 5.41) is 6.71. The first-order chi connectivity index (χ1) is 16.5. The fraction of sp³-hybridized carbons (Fsp3) is 0.318. The lowest BCUT2D eigenvalue weighted by molar-refractivity contribution is -0.197. The summed E-state index contributed by atoms with van der Waals surface area (Å²) < 4.78 is 42.9. The van der Waals surface area contributed by atoms with E-state index in [1.807, 2.05) is 0 Å². The number of benzene rings is 1. The minimum Gasteiger partial charge on any atom is -0.379 e. The van der Waals surface area contributed by atoms with Crippen molar-refractivity contribution < 1.29 is 22.8 Å². The predicted octanol–water partition coefficient (Wildman–Crippen LogP) is 4.41. The molecule has 1 aliphatic heterocycles. The molecule has 1 unspecified atom stereocenters. The van der Waals surface area contributed by atoms with Crippen LogP contribution in [0.1, 0.15) is 23.2 Å². The smallest absolute Gasteiger partial charge is 0.379 e. The number of rotatable bonds is 6. The molecule has 1 fully saturated rings. The van der Waals surface area contributed by atoms with E-state index in [2.05, 4.69) is 20.6 Å². The summed E-state index contributed by atoms with van der Waals surface area (Å²) >= 11 is 11.9. The molecule has 0 saturated carbocycles. The molecule has 186 valence electrons. The van der Waals surface area contributed by atoms with Gasteiger partial charge < -0.3 is 26.3 Å². The highest BCUT2D eigenvalue weighted by Crippen LogP contribution is 2.36. The zero-order valence-electron chi connectivity index (χ0n) is 18.1. The van der Waals surface area contributed by atoms with Crippen molar-refractivity contribution in [2.24, 2.45) is 5.73 Å². The molecule has 4 rings (SSSR count). The van der Waals surface area contributed by atoms with Crippen LogP contribution in [0.15, 0.2) is 36.7 Å². The van der Waals surface area contributed by atoms with Gasteiger partial charge in [-0.1, -0.05) is 23.2 Å². The van der Waals surface area contributed by atoms with E-state index in [-0.39, 0.29) is 30.8 Å². The first kappa shape index (κ1) is 24.9. The van der Waals surface area contributed by atoms with Crippen molar-refractivity contribution in [2.45, 2.75) is 31.1 Å². The van der Waals surface area contributed by atoms with E-state index in [9.17, 15) is 22.8 Å². The average molecular weight is 529 g/mol. The van der Waals surface area contributed by atoms with Crippen LogP contribution in [-0.2, 0) is 4.79 Å². The maximum atomic E-state index is 14.3. The van der Waals surface area contributed by atoms with E-state index in [4.69, 9.17) is 28.9 Å². The maximum Gasteiger partial charge on any atom is 0.410 e. The Hall–Kier alpha value is -3.18. The molecule has 1 aromatic carbocycles. The van der Waals surface area contributed by atoms with Gasteiger partial charge in [0, 0.05) is 40.1 Å². The molecule has 2 atom stereocenters. The largest absolute Gasteiger partial charge is 0.410 e. The van der Waals surface area contributed by atoms with Crippen molar-refractivity contribution in [3.8, 4) is 0 Å². The van der Waals surface area contributed by atoms with Crippen molar-refractivity contribution in [3.05, 3.63) is 52.3 Å². The van der Waals surface area contributed by atoms with Gasteiger partial charge in [-0.25, -0.2) is 4.98 Å². The van der Waals surface area contributed by atoms with E-state index in [1.165, 1.54) is 24.4 Å². The Morgan fingerprint density at radius 1 is 1.23 bits per heavy atom. The molecule has 0 radical (unpaired) electrons. The summed E-state index contributed by atoms with van der Waals surface area (Å²) in [6.45, 7) is -0.461. The Balaban J connectivity index is 1.60. The van der Waals surface area contributed by atoms with Crippen molar-refractivity contribution in [2.75, 3.05) is 23.7 Å². The molecule has 1 aliphatic rings. The number of fused-ring (bicyclic) bond motifs is 1. The third-order valence-electron chi connectivity index (χ3n) is 5.77. The van der Waals surface area contributed by atoms with Crippen molar-refractivity contribution >= 4 is 57.4 Å². The van der Waals surface area contributed by atoms with Gasteiger partial charge in [0.2, 0.25) is 5.91 Å². The van der Waals surface area contributed by atoms with Crippen molar-refractivity contribution in [3.63, 3.8) is 0 Å². The average Bonchev–Trinajstić information content (AvgIpc) is 3.25. The van der Waals surface area contributed by atoms with Gasteiger partial charge in [0.05, 0.1) is 23.8 Å². The number of primary amides is 1. The number of nitrogens with two attached hydrogens (primary N) is 1. The monoisotopic (exact) mass is 528 g/mol. The summed E-state index contributed by atoms with van der Waals surface area (Å²) in [6, 6.07) is 2.77. The molecule has 0 aliphatic carbocycles. The number of halogens is 5. The second kappa shape index (κ2) is 9.82. The number of hydrogen-bond donors (Lipinski definition) is 4. The highest BCUT2D eigenvalue weighted by Gasteiger charge is 2.51. The number of nitrogens with zero attached hydrogens (tertiary/aromatic N) is 2. The zero-order chi connectivity index (χ0) is 25.3. The quantitative estimate of drug-likeness (QED) is 0.378. The highest BCUT2D eigenvalue weighted by atomic mass is 35.5. The van der Waals surface area contributed by atoms with Crippen LogP contribution in [0.4, 0.5) is 24.5 Å². The van der Waals surface area contributed by atoms with Gasteiger partial charge in [0.15, 0.2) is 0 Å². The topological polar surface area (TPSA) is 116 Å². The zero-order valence-corrected chi connectivity index (χ0v) is 19.6. The summed E-state index contributed by atoms with van der Waals surface area (Å²) in [4.78, 5) is 32.6. The number of pyridine rings is 1. The van der Waals surface area contributed by atoms with Gasteiger partial charge in [0.25, 0.3) is 5.91 Å². The minimum absolute atomic E-state index is 0.0408. The summed E-state index contributed by atoms with van der Waals surface area (Å²) in [5.74, 6) is -1.58. The number of aromatic amines is 1. The molecular weight excluding hydrogens is 508 g/mol. The van der Waals surface area contributed by atoms with Gasteiger partial charge in [-0.2, -0.15) is 13.2 Å². The number of likely N-dealkylation sites (tertiary alicyclic amines) is 1. The molecule has 0 spiro atoms. The van der Waals surface area contributed by atoms with Crippen LogP contribution in [0, 0.1) is 0 Å². The van der Waals surface area contributed by atoms with E-state index in [0.29, 0.717) is 33.2 Å². The second-order valence-electron chi connectivity index (χ2n) is 8.13. The summed E-state index contributed by atoms with van der Waals surface area (Å²) in [6.07, 6.45) is -1.52. The van der Waals surface area contributed by atoms with Gasteiger partial charge in [-0.3, -0.25) is 9.59 Å². The lowest BCUT2D eigenvalue weighted by atomic mass is 9.94. The normalized spacial score (nSPS) is 18.5. The van der Waals surface area contributed by atoms with Gasteiger partial charge in [-0.05, 0) is 37.1 Å². The molecule has 0 bridgehead atoms. The van der Waals surface area contributed by atoms with Gasteiger partial charge in [-0.15, -0.1) is 0 Å². The number of piperidine rings is 1. The third kappa shape index (κ3) is 5.40. The second-order valence-corrected chi connectivity index (χ2v) is 9.00. The Morgan fingerprint density at radius 3 is 2.60 bits per heavy atom. The van der Waals surface area contributed by atoms with Gasteiger partial charge >= 0.3 is 6.18 Å². The molecule has 2 aromatic heterocycles. The van der Waals surface area contributed by atoms with Crippen LogP contribution in [-0.4, -0.2) is 58.0 Å². The highest BCUT2D eigenvalue weighted by molar-refractivity contribution is 6.35. The first-order valence-corrected chi connectivity index (χ1v) is 11.4. The lowest BCUT2D eigenvalue weighted by Gasteiger charge is -2.43. The fourth-order valence-corrected chi connectivity index (χ4v) is 4.83. The van der Waals surface area contributed by atoms with Crippen LogP contribution in [0.5, 0.6) is 0 Å². The molecule has 2 amide bonds. The minimum atomic E-state index is -4.73. The van der Waals surface area contributed by atoms with Crippen molar-refractivity contribution in [1.29, 1.82) is 0 Å². The Bertz CT molecular complexity index is 1250. The summed E-state index contributed by atoms with van der Waals surface area (Å²) in [5.41, 5.74) is 6.34. The molecular formula is C22H21Cl2F3N6O2. The number of carbonyl (C=O) groups is 2. The number of carbonyl (C=O) groups excluding carboxylic acids is 2. The molecule has 1 saturated heterocycles. The third-order valence-corrected chi connectivity index (χ3v) is 6.21. The predicted molar refractivity (Wildman–Crippen MR) is 128 cm³/mol. The molecule has 35 heavy (non-hydrogen) atoms. The van der Waals surface area contributed by atoms with Crippen LogP contribution >= 0.6 is 23.2 Å². The van der Waals surface area contributed by atoms with Gasteiger partial charge in [0.1, 0.15) is 11.7 Å². The van der Waals surface area contributed by atoms with E-state index in [1.54, 1.807) is 12.3 Å². The lowest BCUT2D eigenvalue weighted by Crippen LogP contribution is -2.61. The number of amides is 2. The first-order valence-electron chi connectivity index (χ1n) is 10.6. The SMILES string of the molecule is NC(=O)c1cnc2[nH]ccc2c1N[C@H]1CCCN(C(=O)CNc2cc(Cl)cc(Cl)c2)C1C(F)(F)F. The number of H-pyrrole nitrogens is 1. The number of hydrogen-bond acceptors (Lipinski definition) is 5. The van der Waals surface area contributed by atoms with E-state index < -0.39 is 30.1 Å². The number of anilines is 2. The molecule has 3 heterocycles. The Kier molecular flexibility index (Phi) is 7.00. The summed E-state index contributed by atoms with van der Waals surface area (Å²) in [7, 11) is 0. The van der Waals surface area contributed by atoms with Crippen LogP contribution in [0.25, 0.3) is 11.0 Å². The van der Waals surface area contributed by atoms with Crippen molar-refractivity contribution in [1.82, 2.24) is 14.9 Å². The number of aromatic nitrogens is 2. The fourth-order valence-electron chi connectivity index (χ4n) is 4.30. The van der Waals surface area contributed by atoms with E-state index in [0.717, 1.165) is 4.90 Å². The maximum absolute atomic E-state index is 14.3. The molecule has 5 N–H and O–H groups in total. The molecule has 8 nitrogen and oxygen atoms in total. The van der Waals surface area contributed by atoms with Crippen LogP contribution < -0.4 is 16.4 Å². The van der Waals surface area contributed by atoms with Crippen LogP contribution in [0.3, 0.4) is 0 Å². The molecule has 3 aromatic rings. The number of nitrogens with one attached hydrogen (secondary N) is 3. The number of alkyl halides is 3. The van der Waals surface area contributed by atoms with E-state index >= 15 is 0 Å². The van der Waals surface area contributed by atoms with Crippen LogP contribution in [0.2, 0.25) is 10.0 Å². The molecule has 13 heteroatoms. The standard InChI is InChI=1S/C22H21Cl2F3N6O2/c23-11-6-12(24)8-13(7-11)30-10-17(34)33-5-1-2-16(19(33)22(25,26)27)32-18-14-3-4-29-21(14)31-9-15(18)20(28)35/h3-4,6-9,16,19,30H,1-2,5,10H2,(H2,28,35)(H2,29,31,32)/t16-,19?/m0/s1. The Morgan fingerprint density at radius 2 is 1.94 bits per heavy atom.